The molecule has 1 aromatic carbocycles. The summed E-state index contributed by atoms with van der Waals surface area (Å²) in [5.74, 6) is 1.46. The molecule has 0 heterocycles. The molecule has 0 aliphatic rings. The van der Waals surface area contributed by atoms with Crippen LogP contribution >= 0.6 is 0 Å². The highest BCUT2D eigenvalue weighted by molar-refractivity contribution is 5.30. The third-order valence-electron chi connectivity index (χ3n) is 2.48. The topological polar surface area (TPSA) is 33.0 Å². The normalized spacial score (nSPS) is 10.1. The van der Waals surface area contributed by atoms with Crippen LogP contribution in [0.3, 0.4) is 0 Å². The Bertz CT molecular complexity index is 352. The second kappa shape index (κ2) is 6.90. The molecule has 0 aliphatic heterocycles. The van der Waals surface area contributed by atoms with Crippen molar-refractivity contribution in [1.29, 1.82) is 5.26 Å². The second-order valence-electron chi connectivity index (χ2n) is 4.19. The van der Waals surface area contributed by atoms with Crippen molar-refractivity contribution in [3.8, 4) is 11.8 Å². The maximum absolute atomic E-state index is 8.39. The second-order valence-corrected chi connectivity index (χ2v) is 4.19. The minimum absolute atomic E-state index is 0.530. The first-order chi connectivity index (χ1) is 7.74. The summed E-state index contributed by atoms with van der Waals surface area (Å²) in [5.41, 5.74) is 1.30. The van der Waals surface area contributed by atoms with Gasteiger partial charge in [0.15, 0.2) is 0 Å². The van der Waals surface area contributed by atoms with E-state index >= 15 is 0 Å². The molecule has 0 aromatic heterocycles. The molecule has 0 saturated carbocycles. The first kappa shape index (κ1) is 12.6. The molecule has 2 heteroatoms. The van der Waals surface area contributed by atoms with Gasteiger partial charge in [0, 0.05) is 6.42 Å². The van der Waals surface area contributed by atoms with Crippen molar-refractivity contribution in [3.05, 3.63) is 29.8 Å². The SMILES string of the molecule is CC(C)c1cccc(OCCCCC#N)c1. The molecule has 0 amide bonds. The van der Waals surface area contributed by atoms with E-state index in [9.17, 15) is 0 Å². The van der Waals surface area contributed by atoms with Crippen molar-refractivity contribution < 1.29 is 4.74 Å². The van der Waals surface area contributed by atoms with E-state index in [-0.39, 0.29) is 0 Å². The molecule has 1 rings (SSSR count). The van der Waals surface area contributed by atoms with E-state index in [0.29, 0.717) is 18.9 Å². The minimum atomic E-state index is 0.530. The van der Waals surface area contributed by atoms with Crippen LogP contribution in [0, 0.1) is 11.3 Å². The zero-order chi connectivity index (χ0) is 11.8. The Morgan fingerprint density at radius 2 is 2.12 bits per heavy atom. The van der Waals surface area contributed by atoms with E-state index in [2.05, 4.69) is 32.0 Å². The van der Waals surface area contributed by atoms with Gasteiger partial charge in [-0.3, -0.25) is 0 Å². The number of unbranched alkanes of at least 4 members (excludes halogenated alkanes) is 2. The predicted octanol–water partition coefficient (Wildman–Crippen LogP) is 3.88. The number of benzene rings is 1. The molecule has 16 heavy (non-hydrogen) atoms. The molecular formula is C14H19NO. The molecule has 2 nitrogen and oxygen atoms in total. The first-order valence-electron chi connectivity index (χ1n) is 5.83. The molecule has 0 fully saturated rings. The van der Waals surface area contributed by atoms with E-state index in [1.807, 2.05) is 12.1 Å². The highest BCUT2D eigenvalue weighted by atomic mass is 16.5. The number of hydrogen-bond acceptors (Lipinski definition) is 2. The van der Waals surface area contributed by atoms with Crippen LogP contribution in [-0.4, -0.2) is 6.61 Å². The molecule has 0 N–H and O–H groups in total. The molecule has 0 radical (unpaired) electrons. The Morgan fingerprint density at radius 1 is 1.31 bits per heavy atom. The monoisotopic (exact) mass is 217 g/mol. The van der Waals surface area contributed by atoms with Crippen LogP contribution in [0.2, 0.25) is 0 Å². The van der Waals surface area contributed by atoms with Crippen molar-refractivity contribution in [2.45, 2.75) is 39.0 Å². The van der Waals surface area contributed by atoms with Gasteiger partial charge in [0.1, 0.15) is 5.75 Å². The number of ether oxygens (including phenoxy) is 1. The molecule has 0 unspecified atom stereocenters. The van der Waals surface area contributed by atoms with E-state index in [0.717, 1.165) is 18.6 Å². The maximum Gasteiger partial charge on any atom is 0.119 e. The Morgan fingerprint density at radius 3 is 2.81 bits per heavy atom. The fourth-order valence-electron chi connectivity index (χ4n) is 1.46. The van der Waals surface area contributed by atoms with Gasteiger partial charge in [-0.15, -0.1) is 0 Å². The van der Waals surface area contributed by atoms with Gasteiger partial charge in [0.25, 0.3) is 0 Å². The lowest BCUT2D eigenvalue weighted by Crippen LogP contribution is -1.98. The van der Waals surface area contributed by atoms with Crippen molar-refractivity contribution in [2.24, 2.45) is 0 Å². The van der Waals surface area contributed by atoms with Crippen LogP contribution in [0.5, 0.6) is 5.75 Å². The van der Waals surface area contributed by atoms with Gasteiger partial charge in [-0.25, -0.2) is 0 Å². The average Bonchev–Trinajstić information content (AvgIpc) is 2.29. The lowest BCUT2D eigenvalue weighted by atomic mass is 10.0. The molecule has 0 saturated heterocycles. The summed E-state index contributed by atoms with van der Waals surface area (Å²) >= 11 is 0. The third kappa shape index (κ3) is 4.35. The number of nitriles is 1. The molecular weight excluding hydrogens is 198 g/mol. The minimum Gasteiger partial charge on any atom is -0.494 e. The summed E-state index contributed by atoms with van der Waals surface area (Å²) in [6.45, 7) is 5.04. The maximum atomic E-state index is 8.39. The van der Waals surface area contributed by atoms with Crippen LogP contribution in [0.4, 0.5) is 0 Å². The summed E-state index contributed by atoms with van der Waals surface area (Å²) in [5, 5.41) is 8.39. The average molecular weight is 217 g/mol. The molecule has 0 aliphatic carbocycles. The molecule has 0 spiro atoms. The Labute approximate surface area is 97.9 Å². The fourth-order valence-corrected chi connectivity index (χ4v) is 1.46. The number of hydrogen-bond donors (Lipinski definition) is 0. The quantitative estimate of drug-likeness (QED) is 0.677. The summed E-state index contributed by atoms with van der Waals surface area (Å²) in [6, 6.07) is 10.4. The van der Waals surface area contributed by atoms with Gasteiger partial charge in [0.05, 0.1) is 12.7 Å². The number of nitrogens with zero attached hydrogens (tertiary/aromatic N) is 1. The van der Waals surface area contributed by atoms with Gasteiger partial charge < -0.3 is 4.74 Å². The summed E-state index contributed by atoms with van der Waals surface area (Å²) in [4.78, 5) is 0. The largest absolute Gasteiger partial charge is 0.494 e. The summed E-state index contributed by atoms with van der Waals surface area (Å²) < 4.78 is 5.63. The van der Waals surface area contributed by atoms with Crippen LogP contribution in [0.15, 0.2) is 24.3 Å². The van der Waals surface area contributed by atoms with Crippen LogP contribution in [0.1, 0.15) is 44.6 Å². The van der Waals surface area contributed by atoms with E-state index in [4.69, 9.17) is 10.00 Å². The van der Waals surface area contributed by atoms with Crippen molar-refractivity contribution >= 4 is 0 Å². The zero-order valence-electron chi connectivity index (χ0n) is 10.1. The lowest BCUT2D eigenvalue weighted by molar-refractivity contribution is 0.307. The number of rotatable bonds is 6. The van der Waals surface area contributed by atoms with Crippen LogP contribution < -0.4 is 4.74 Å². The first-order valence-corrected chi connectivity index (χ1v) is 5.83. The Kier molecular flexibility index (Phi) is 5.42. The van der Waals surface area contributed by atoms with Crippen LogP contribution in [0.25, 0.3) is 0 Å². The lowest BCUT2D eigenvalue weighted by Gasteiger charge is -2.09. The van der Waals surface area contributed by atoms with Crippen LogP contribution in [-0.2, 0) is 0 Å². The third-order valence-corrected chi connectivity index (χ3v) is 2.48. The highest BCUT2D eigenvalue weighted by Crippen LogP contribution is 2.20. The Hall–Kier alpha value is -1.49. The molecule has 1 aromatic rings. The smallest absolute Gasteiger partial charge is 0.119 e. The fraction of sp³-hybridized carbons (Fsp3) is 0.500. The zero-order valence-corrected chi connectivity index (χ0v) is 10.1. The summed E-state index contributed by atoms with van der Waals surface area (Å²) in [6.07, 6.45) is 2.48. The molecule has 86 valence electrons. The van der Waals surface area contributed by atoms with E-state index in [1.165, 1.54) is 5.56 Å². The van der Waals surface area contributed by atoms with E-state index < -0.39 is 0 Å². The van der Waals surface area contributed by atoms with Gasteiger partial charge >= 0.3 is 0 Å². The van der Waals surface area contributed by atoms with Crippen molar-refractivity contribution in [3.63, 3.8) is 0 Å². The van der Waals surface area contributed by atoms with Gasteiger partial charge in [0.2, 0.25) is 0 Å². The summed E-state index contributed by atoms with van der Waals surface area (Å²) in [7, 11) is 0. The molecule has 0 bridgehead atoms. The standard InChI is InChI=1S/C14H19NO/c1-12(2)13-7-6-8-14(11-13)16-10-5-3-4-9-15/h6-8,11-12H,3-5,10H2,1-2H3. The van der Waals surface area contributed by atoms with Gasteiger partial charge in [-0.2, -0.15) is 5.26 Å². The Balaban J connectivity index is 2.37. The highest BCUT2D eigenvalue weighted by Gasteiger charge is 2.00. The molecule has 0 atom stereocenters. The predicted molar refractivity (Wildman–Crippen MR) is 65.5 cm³/mol. The van der Waals surface area contributed by atoms with Gasteiger partial charge in [-0.1, -0.05) is 26.0 Å². The van der Waals surface area contributed by atoms with Gasteiger partial charge in [-0.05, 0) is 36.5 Å². The van der Waals surface area contributed by atoms with Crippen molar-refractivity contribution in [1.82, 2.24) is 0 Å². The van der Waals surface area contributed by atoms with E-state index in [1.54, 1.807) is 0 Å². The van der Waals surface area contributed by atoms with Crippen molar-refractivity contribution in [2.75, 3.05) is 6.61 Å².